The molecule has 2 aromatic rings. The van der Waals surface area contributed by atoms with Gasteiger partial charge in [0.2, 0.25) is 11.8 Å². The van der Waals surface area contributed by atoms with E-state index < -0.39 is 0 Å². The van der Waals surface area contributed by atoms with E-state index in [2.05, 4.69) is 19.2 Å². The van der Waals surface area contributed by atoms with Crippen LogP contribution < -0.4 is 10.2 Å². The Balaban J connectivity index is 1.94. The molecule has 2 aromatic carbocycles. The molecule has 0 saturated carbocycles. The zero-order valence-corrected chi connectivity index (χ0v) is 17.1. The van der Waals surface area contributed by atoms with Crippen LogP contribution in [0.25, 0.3) is 0 Å². The number of carbonyl (C=O) groups is 2. The molecule has 2 amide bonds. The second kappa shape index (κ2) is 12.0. The molecule has 0 aliphatic carbocycles. The van der Waals surface area contributed by atoms with E-state index in [1.165, 1.54) is 12.8 Å². The maximum Gasteiger partial charge on any atom is 0.232 e. The second-order valence-corrected chi connectivity index (χ2v) is 7.12. The van der Waals surface area contributed by atoms with E-state index in [-0.39, 0.29) is 24.7 Å². The SMILES string of the molecule is CCCC[C@H](CC)CNC(=O)CCC(=O)N(c1ccccc1)c1ccccc1. The molecule has 0 heterocycles. The molecule has 4 nitrogen and oxygen atoms in total. The molecule has 28 heavy (non-hydrogen) atoms. The van der Waals surface area contributed by atoms with Crippen LogP contribution in [0.3, 0.4) is 0 Å². The molecule has 150 valence electrons. The van der Waals surface area contributed by atoms with E-state index in [0.29, 0.717) is 12.5 Å². The third-order valence-corrected chi connectivity index (χ3v) is 4.98. The molecule has 0 spiro atoms. The monoisotopic (exact) mass is 380 g/mol. The zero-order chi connectivity index (χ0) is 20.2. The third kappa shape index (κ3) is 6.84. The molecule has 1 atom stereocenters. The molecule has 0 unspecified atom stereocenters. The molecule has 2 rings (SSSR count). The number of rotatable bonds is 11. The summed E-state index contributed by atoms with van der Waals surface area (Å²) < 4.78 is 0. The highest BCUT2D eigenvalue weighted by Crippen LogP contribution is 2.26. The van der Waals surface area contributed by atoms with Crippen LogP contribution in [0.1, 0.15) is 52.4 Å². The first-order chi connectivity index (χ1) is 13.7. The number of nitrogens with zero attached hydrogens (tertiary/aromatic N) is 1. The maximum atomic E-state index is 12.9. The van der Waals surface area contributed by atoms with Crippen LogP contribution in [0.2, 0.25) is 0 Å². The van der Waals surface area contributed by atoms with Gasteiger partial charge in [0, 0.05) is 30.8 Å². The average Bonchev–Trinajstić information content (AvgIpc) is 2.74. The molecule has 0 bridgehead atoms. The van der Waals surface area contributed by atoms with Crippen LogP contribution in [-0.4, -0.2) is 18.4 Å². The standard InChI is InChI=1S/C24H32N2O2/c1-3-5-12-20(4-2)19-25-23(27)17-18-24(28)26(21-13-8-6-9-14-21)22-15-10-7-11-16-22/h6-11,13-16,20H,3-5,12,17-19H2,1-2H3,(H,25,27)/t20-/m0/s1. The van der Waals surface area contributed by atoms with E-state index in [1.807, 2.05) is 60.7 Å². The van der Waals surface area contributed by atoms with Gasteiger partial charge in [0.1, 0.15) is 0 Å². The maximum absolute atomic E-state index is 12.9. The summed E-state index contributed by atoms with van der Waals surface area (Å²) >= 11 is 0. The van der Waals surface area contributed by atoms with E-state index >= 15 is 0 Å². The molecular formula is C24H32N2O2. The first-order valence-corrected chi connectivity index (χ1v) is 10.4. The smallest absolute Gasteiger partial charge is 0.232 e. The van der Waals surface area contributed by atoms with Gasteiger partial charge in [-0.15, -0.1) is 0 Å². The fourth-order valence-corrected chi connectivity index (χ4v) is 3.21. The van der Waals surface area contributed by atoms with Gasteiger partial charge in [-0.25, -0.2) is 0 Å². The van der Waals surface area contributed by atoms with E-state index in [9.17, 15) is 9.59 Å². The summed E-state index contributed by atoms with van der Waals surface area (Å²) in [6.07, 6.45) is 4.96. The highest BCUT2D eigenvalue weighted by molar-refractivity contribution is 6.01. The minimum absolute atomic E-state index is 0.0515. The number of nitrogens with one attached hydrogen (secondary N) is 1. The number of benzene rings is 2. The van der Waals surface area contributed by atoms with Crippen LogP contribution in [0.15, 0.2) is 60.7 Å². The molecule has 0 fully saturated rings. The van der Waals surface area contributed by atoms with Gasteiger partial charge >= 0.3 is 0 Å². The quantitative estimate of drug-likeness (QED) is 0.562. The topological polar surface area (TPSA) is 49.4 Å². The van der Waals surface area contributed by atoms with Crippen LogP contribution in [0, 0.1) is 5.92 Å². The van der Waals surface area contributed by atoms with Crippen LogP contribution in [0.5, 0.6) is 0 Å². The molecule has 1 N–H and O–H groups in total. The van der Waals surface area contributed by atoms with Gasteiger partial charge in [-0.05, 0) is 36.6 Å². The number of hydrogen-bond acceptors (Lipinski definition) is 2. The Labute approximate surface area is 169 Å². The van der Waals surface area contributed by atoms with Gasteiger partial charge < -0.3 is 5.32 Å². The van der Waals surface area contributed by atoms with Gasteiger partial charge in [-0.2, -0.15) is 0 Å². The zero-order valence-electron chi connectivity index (χ0n) is 17.1. The normalized spacial score (nSPS) is 11.6. The number of hydrogen-bond donors (Lipinski definition) is 1. The lowest BCUT2D eigenvalue weighted by Crippen LogP contribution is -2.31. The second-order valence-electron chi connectivity index (χ2n) is 7.12. The van der Waals surface area contributed by atoms with Gasteiger partial charge in [0.15, 0.2) is 0 Å². The largest absolute Gasteiger partial charge is 0.356 e. The van der Waals surface area contributed by atoms with Gasteiger partial charge in [0.05, 0.1) is 0 Å². The first-order valence-electron chi connectivity index (χ1n) is 10.4. The van der Waals surface area contributed by atoms with E-state index in [4.69, 9.17) is 0 Å². The summed E-state index contributed by atoms with van der Waals surface area (Å²) in [6, 6.07) is 19.1. The number of carbonyl (C=O) groups excluding carboxylic acids is 2. The van der Waals surface area contributed by atoms with Crippen molar-refractivity contribution >= 4 is 23.2 Å². The predicted molar refractivity (Wildman–Crippen MR) is 116 cm³/mol. The Morgan fingerprint density at radius 1 is 0.893 bits per heavy atom. The predicted octanol–water partition coefficient (Wildman–Crippen LogP) is 5.46. The lowest BCUT2D eigenvalue weighted by molar-refractivity contribution is -0.125. The molecule has 0 aliphatic heterocycles. The van der Waals surface area contributed by atoms with Crippen molar-refractivity contribution < 1.29 is 9.59 Å². The first kappa shape index (κ1) is 21.7. The van der Waals surface area contributed by atoms with Crippen molar-refractivity contribution in [2.24, 2.45) is 5.92 Å². The van der Waals surface area contributed by atoms with Crippen molar-refractivity contribution in [1.82, 2.24) is 5.32 Å². The summed E-state index contributed by atoms with van der Waals surface area (Å²) in [7, 11) is 0. The summed E-state index contributed by atoms with van der Waals surface area (Å²) in [5.74, 6) is 0.389. The fraction of sp³-hybridized carbons (Fsp3) is 0.417. The highest BCUT2D eigenvalue weighted by Gasteiger charge is 2.19. The fourth-order valence-electron chi connectivity index (χ4n) is 3.21. The molecule has 4 heteroatoms. The summed E-state index contributed by atoms with van der Waals surface area (Å²) in [5.41, 5.74) is 1.62. The molecule has 0 aromatic heterocycles. The van der Waals surface area contributed by atoms with Gasteiger partial charge in [-0.3, -0.25) is 14.5 Å². The van der Waals surface area contributed by atoms with Crippen LogP contribution >= 0.6 is 0 Å². The van der Waals surface area contributed by atoms with Crippen molar-refractivity contribution in [2.45, 2.75) is 52.4 Å². The van der Waals surface area contributed by atoms with Crippen molar-refractivity contribution in [1.29, 1.82) is 0 Å². The Morgan fingerprint density at radius 3 is 1.96 bits per heavy atom. The van der Waals surface area contributed by atoms with Crippen molar-refractivity contribution in [3.63, 3.8) is 0 Å². The van der Waals surface area contributed by atoms with Crippen LogP contribution in [-0.2, 0) is 9.59 Å². The Bertz CT molecular complexity index is 676. The highest BCUT2D eigenvalue weighted by atomic mass is 16.2. The van der Waals surface area contributed by atoms with Crippen molar-refractivity contribution in [3.8, 4) is 0 Å². The minimum atomic E-state index is -0.0782. The van der Waals surface area contributed by atoms with E-state index in [0.717, 1.165) is 24.2 Å². The third-order valence-electron chi connectivity index (χ3n) is 4.98. The van der Waals surface area contributed by atoms with Crippen LogP contribution in [0.4, 0.5) is 11.4 Å². The van der Waals surface area contributed by atoms with E-state index in [1.54, 1.807) is 4.90 Å². The lowest BCUT2D eigenvalue weighted by atomic mass is 9.99. The Hall–Kier alpha value is -2.62. The number of unbranched alkanes of at least 4 members (excludes halogenated alkanes) is 1. The molecule has 0 saturated heterocycles. The summed E-state index contributed by atoms with van der Waals surface area (Å²) in [5, 5.41) is 3.01. The average molecular weight is 381 g/mol. The molecular weight excluding hydrogens is 348 g/mol. The van der Waals surface area contributed by atoms with Gasteiger partial charge in [-0.1, -0.05) is 69.5 Å². The number of anilines is 2. The summed E-state index contributed by atoms with van der Waals surface area (Å²) in [6.45, 7) is 5.04. The number of para-hydroxylation sites is 2. The molecule has 0 aliphatic rings. The summed E-state index contributed by atoms with van der Waals surface area (Å²) in [4.78, 5) is 26.9. The minimum Gasteiger partial charge on any atom is -0.356 e. The van der Waals surface area contributed by atoms with Crippen molar-refractivity contribution in [2.75, 3.05) is 11.4 Å². The van der Waals surface area contributed by atoms with Crippen molar-refractivity contribution in [3.05, 3.63) is 60.7 Å². The number of amides is 2. The Kier molecular flexibility index (Phi) is 9.26. The lowest BCUT2D eigenvalue weighted by Gasteiger charge is -2.23. The van der Waals surface area contributed by atoms with Gasteiger partial charge in [0.25, 0.3) is 0 Å². The molecule has 0 radical (unpaired) electrons. The Morgan fingerprint density at radius 2 is 1.46 bits per heavy atom.